The molecule has 1 saturated heterocycles. The second-order valence-electron chi connectivity index (χ2n) is 6.90. The second kappa shape index (κ2) is 8.07. The third-order valence-corrected chi connectivity index (χ3v) is 5.51. The highest BCUT2D eigenvalue weighted by atomic mass is 32.2. The minimum atomic E-state index is -3.37. The molecule has 2 rings (SSSR count). The summed E-state index contributed by atoms with van der Waals surface area (Å²) in [6.07, 6.45) is 6.70. The first kappa shape index (κ1) is 18.9. The lowest BCUT2D eigenvalue weighted by Gasteiger charge is -2.38. The van der Waals surface area contributed by atoms with Crippen LogP contribution in [0.25, 0.3) is 0 Å². The van der Waals surface area contributed by atoms with Crippen LogP contribution < -0.4 is 0 Å². The number of carbonyl (C=O) groups excluding carboxylic acids is 1. The van der Waals surface area contributed by atoms with Gasteiger partial charge < -0.3 is 4.90 Å². The second-order valence-corrected chi connectivity index (χ2v) is 8.84. The van der Waals surface area contributed by atoms with Crippen LogP contribution in [0.1, 0.15) is 38.7 Å². The number of pyridine rings is 1. The van der Waals surface area contributed by atoms with E-state index in [0.717, 1.165) is 18.4 Å². The smallest absolute Gasteiger partial charge is 0.222 e. The van der Waals surface area contributed by atoms with Crippen LogP contribution in [0.5, 0.6) is 0 Å². The molecule has 1 aromatic heterocycles. The number of amides is 1. The number of rotatable bonds is 6. The number of sulfonamides is 1. The van der Waals surface area contributed by atoms with Crippen LogP contribution in [0.3, 0.4) is 0 Å². The van der Waals surface area contributed by atoms with Crippen LogP contribution in [0.15, 0.2) is 24.5 Å². The van der Waals surface area contributed by atoms with Gasteiger partial charge in [0.2, 0.25) is 15.9 Å². The van der Waals surface area contributed by atoms with Crippen LogP contribution in [0.2, 0.25) is 0 Å². The number of hydrogen-bond donors (Lipinski definition) is 0. The minimum absolute atomic E-state index is 0.115. The highest BCUT2D eigenvalue weighted by Gasteiger charge is 2.32. The number of carbonyl (C=O) groups is 1. The first-order chi connectivity index (χ1) is 11.3. The predicted molar refractivity (Wildman–Crippen MR) is 93.7 cm³/mol. The Hall–Kier alpha value is -1.47. The van der Waals surface area contributed by atoms with Gasteiger partial charge in [0.1, 0.15) is 0 Å². The lowest BCUT2D eigenvalue weighted by Crippen LogP contribution is -2.51. The summed E-state index contributed by atoms with van der Waals surface area (Å²) in [6.45, 7) is 5.52. The fourth-order valence-corrected chi connectivity index (χ4v) is 4.18. The Morgan fingerprint density at radius 1 is 1.46 bits per heavy atom. The molecule has 1 unspecified atom stereocenters. The Kier molecular flexibility index (Phi) is 6.34. The molecular weight excluding hydrogens is 326 g/mol. The molecule has 1 aliphatic rings. The Morgan fingerprint density at radius 2 is 2.21 bits per heavy atom. The summed E-state index contributed by atoms with van der Waals surface area (Å²) in [5, 5.41) is 0. The zero-order valence-electron chi connectivity index (χ0n) is 14.7. The van der Waals surface area contributed by atoms with E-state index < -0.39 is 10.0 Å². The molecule has 1 atom stereocenters. The van der Waals surface area contributed by atoms with Crippen molar-refractivity contribution in [3.05, 3.63) is 30.1 Å². The normalized spacial score (nSPS) is 19.0. The van der Waals surface area contributed by atoms with Gasteiger partial charge in [0.25, 0.3) is 0 Å². The minimum Gasteiger partial charge on any atom is -0.341 e. The van der Waals surface area contributed by atoms with Gasteiger partial charge in [0, 0.05) is 44.5 Å². The molecule has 0 N–H and O–H groups in total. The van der Waals surface area contributed by atoms with Crippen molar-refractivity contribution >= 4 is 15.9 Å². The molecule has 0 aliphatic carbocycles. The maximum Gasteiger partial charge on any atom is 0.222 e. The maximum absolute atomic E-state index is 12.3. The van der Waals surface area contributed by atoms with E-state index in [1.165, 1.54) is 10.6 Å². The van der Waals surface area contributed by atoms with Crippen LogP contribution in [0.4, 0.5) is 0 Å². The third kappa shape index (κ3) is 5.27. The van der Waals surface area contributed by atoms with Crippen molar-refractivity contribution in [2.45, 2.75) is 45.7 Å². The van der Waals surface area contributed by atoms with Crippen molar-refractivity contribution in [1.82, 2.24) is 14.2 Å². The van der Waals surface area contributed by atoms with Crippen molar-refractivity contribution in [3.8, 4) is 0 Å². The molecule has 0 radical (unpaired) electrons. The molecule has 7 heteroatoms. The lowest BCUT2D eigenvalue weighted by molar-refractivity contribution is -0.133. The molecule has 134 valence electrons. The first-order valence-corrected chi connectivity index (χ1v) is 10.3. The quantitative estimate of drug-likeness (QED) is 0.783. The molecule has 24 heavy (non-hydrogen) atoms. The molecule has 0 aromatic carbocycles. The zero-order valence-corrected chi connectivity index (χ0v) is 15.5. The van der Waals surface area contributed by atoms with Gasteiger partial charge in [-0.2, -0.15) is 4.31 Å². The van der Waals surface area contributed by atoms with Gasteiger partial charge in [-0.15, -0.1) is 0 Å². The largest absolute Gasteiger partial charge is 0.341 e. The predicted octanol–water partition coefficient (Wildman–Crippen LogP) is 1.88. The average molecular weight is 353 g/mol. The highest BCUT2D eigenvalue weighted by Crippen LogP contribution is 2.22. The monoisotopic (exact) mass is 353 g/mol. The number of aromatic nitrogens is 1. The summed E-state index contributed by atoms with van der Waals surface area (Å²) < 4.78 is 26.1. The molecule has 0 bridgehead atoms. The van der Waals surface area contributed by atoms with Crippen LogP contribution in [0, 0.1) is 5.92 Å². The van der Waals surface area contributed by atoms with Gasteiger partial charge >= 0.3 is 0 Å². The van der Waals surface area contributed by atoms with Crippen molar-refractivity contribution in [3.63, 3.8) is 0 Å². The topological polar surface area (TPSA) is 70.6 Å². The van der Waals surface area contributed by atoms with Gasteiger partial charge in [-0.3, -0.25) is 9.78 Å². The van der Waals surface area contributed by atoms with Gasteiger partial charge in [-0.1, -0.05) is 19.9 Å². The van der Waals surface area contributed by atoms with Crippen molar-refractivity contribution < 1.29 is 13.2 Å². The van der Waals surface area contributed by atoms with Gasteiger partial charge in [-0.05, 0) is 30.4 Å². The fourth-order valence-electron chi connectivity index (χ4n) is 3.08. The molecule has 6 nitrogen and oxygen atoms in total. The molecule has 2 heterocycles. The number of hydrogen-bond acceptors (Lipinski definition) is 4. The van der Waals surface area contributed by atoms with E-state index in [-0.39, 0.29) is 11.9 Å². The molecular formula is C17H27N3O3S. The number of nitrogens with zero attached hydrogens (tertiary/aromatic N) is 3. The zero-order chi connectivity index (χ0) is 17.7. The SMILES string of the molecule is CC(C)CC(=O)N1CCCC(N(Cc2cccnc2)S(C)(=O)=O)C1. The van der Waals surface area contributed by atoms with Crippen molar-refractivity contribution in [2.75, 3.05) is 19.3 Å². The molecule has 1 fully saturated rings. The van der Waals surface area contributed by atoms with E-state index in [0.29, 0.717) is 32.0 Å². The van der Waals surface area contributed by atoms with E-state index >= 15 is 0 Å². The average Bonchev–Trinajstić information content (AvgIpc) is 2.52. The first-order valence-electron chi connectivity index (χ1n) is 8.41. The summed E-state index contributed by atoms with van der Waals surface area (Å²) in [5.74, 6) is 0.420. The summed E-state index contributed by atoms with van der Waals surface area (Å²) >= 11 is 0. The maximum atomic E-state index is 12.3. The summed E-state index contributed by atoms with van der Waals surface area (Å²) in [6, 6.07) is 3.50. The van der Waals surface area contributed by atoms with Gasteiger partial charge in [0.15, 0.2) is 0 Å². The van der Waals surface area contributed by atoms with Crippen molar-refractivity contribution in [2.24, 2.45) is 5.92 Å². The van der Waals surface area contributed by atoms with E-state index in [4.69, 9.17) is 0 Å². The molecule has 0 spiro atoms. The number of likely N-dealkylation sites (tertiary alicyclic amines) is 1. The van der Waals surface area contributed by atoms with Gasteiger partial charge in [-0.25, -0.2) is 8.42 Å². The van der Waals surface area contributed by atoms with E-state index in [9.17, 15) is 13.2 Å². The number of piperidine rings is 1. The van der Waals surface area contributed by atoms with E-state index in [1.54, 1.807) is 18.5 Å². The fraction of sp³-hybridized carbons (Fsp3) is 0.647. The van der Waals surface area contributed by atoms with Crippen molar-refractivity contribution in [1.29, 1.82) is 0 Å². The van der Waals surface area contributed by atoms with E-state index in [1.807, 2.05) is 24.8 Å². The molecule has 1 aliphatic heterocycles. The third-order valence-electron chi connectivity index (χ3n) is 4.23. The summed E-state index contributed by atoms with van der Waals surface area (Å²) in [7, 11) is -3.37. The Balaban J connectivity index is 2.13. The standard InChI is InChI=1S/C17H27N3O3S/c1-14(2)10-17(21)19-9-5-7-16(13-19)20(24(3,22)23)12-15-6-4-8-18-11-15/h4,6,8,11,14,16H,5,7,9-10,12-13H2,1-3H3. The lowest BCUT2D eigenvalue weighted by atomic mass is 10.0. The van der Waals surface area contributed by atoms with Crippen LogP contribution in [-0.4, -0.2) is 53.9 Å². The molecule has 1 amide bonds. The Bertz CT molecular complexity index is 646. The Morgan fingerprint density at radius 3 is 2.79 bits per heavy atom. The molecule has 1 aromatic rings. The van der Waals surface area contributed by atoms with Gasteiger partial charge in [0.05, 0.1) is 6.26 Å². The summed E-state index contributed by atoms with van der Waals surface area (Å²) in [4.78, 5) is 18.2. The van der Waals surface area contributed by atoms with Crippen LogP contribution in [-0.2, 0) is 21.4 Å². The molecule has 0 saturated carbocycles. The highest BCUT2D eigenvalue weighted by molar-refractivity contribution is 7.88. The van der Waals surface area contributed by atoms with E-state index in [2.05, 4.69) is 4.98 Å². The Labute approximate surface area is 144 Å². The summed E-state index contributed by atoms with van der Waals surface area (Å²) in [5.41, 5.74) is 0.855. The van der Waals surface area contributed by atoms with Crippen LogP contribution >= 0.6 is 0 Å².